The van der Waals surface area contributed by atoms with Crippen molar-refractivity contribution in [3.05, 3.63) is 48.0 Å². The predicted octanol–water partition coefficient (Wildman–Crippen LogP) is 3.77. The van der Waals surface area contributed by atoms with Crippen LogP contribution in [-0.4, -0.2) is 27.9 Å². The summed E-state index contributed by atoms with van der Waals surface area (Å²) in [4.78, 5) is 24.3. The van der Waals surface area contributed by atoms with Gasteiger partial charge in [0, 0.05) is 5.54 Å². The smallest absolute Gasteiger partial charge is 0.408 e. The van der Waals surface area contributed by atoms with Crippen molar-refractivity contribution in [2.24, 2.45) is 0 Å². The first kappa shape index (κ1) is 15.0. The molecule has 0 spiro atoms. The number of carbonyl (C=O) groups excluding carboxylic acids is 1. The second-order valence-electron chi connectivity index (χ2n) is 5.91. The Kier molecular flexibility index (Phi) is 3.98. The highest BCUT2D eigenvalue weighted by Gasteiger charge is 2.35. The zero-order chi connectivity index (χ0) is 15.6. The molecule has 0 bridgehead atoms. The van der Waals surface area contributed by atoms with Gasteiger partial charge in [-0.1, -0.05) is 42.5 Å². The second kappa shape index (κ2) is 5.56. The highest BCUT2D eigenvalue weighted by atomic mass is 16.4. The third-order valence-electron chi connectivity index (χ3n) is 3.42. The molecule has 4 heteroatoms. The van der Waals surface area contributed by atoms with Crippen molar-refractivity contribution in [3.8, 4) is 0 Å². The highest BCUT2D eigenvalue weighted by Crippen LogP contribution is 2.31. The summed E-state index contributed by atoms with van der Waals surface area (Å²) in [6.45, 7) is 5.28. The number of fused-ring (bicyclic) bond motifs is 1. The van der Waals surface area contributed by atoms with Crippen LogP contribution in [0.2, 0.25) is 0 Å². The molecule has 2 rings (SSSR count). The van der Waals surface area contributed by atoms with Gasteiger partial charge in [0.05, 0.1) is 0 Å². The Labute approximate surface area is 124 Å². The van der Waals surface area contributed by atoms with E-state index in [2.05, 4.69) is 0 Å². The first-order valence-electron chi connectivity index (χ1n) is 6.74. The van der Waals surface area contributed by atoms with E-state index >= 15 is 0 Å². The van der Waals surface area contributed by atoms with Crippen LogP contribution in [0.5, 0.6) is 0 Å². The molecule has 0 fully saturated rings. The van der Waals surface area contributed by atoms with Gasteiger partial charge in [-0.05, 0) is 37.1 Å². The average molecular weight is 284 g/mol. The molecule has 0 aliphatic rings. The Hall–Kier alpha value is -2.36. The van der Waals surface area contributed by atoms with Crippen LogP contribution in [0.15, 0.2) is 42.5 Å². The minimum atomic E-state index is -1.14. The zero-order valence-electron chi connectivity index (χ0n) is 12.3. The van der Waals surface area contributed by atoms with E-state index in [4.69, 9.17) is 0 Å². The van der Waals surface area contributed by atoms with E-state index in [1.165, 1.54) is 0 Å². The Morgan fingerprint density at radius 1 is 1.14 bits per heavy atom. The fourth-order valence-corrected chi connectivity index (χ4v) is 2.53. The molecule has 109 valence electrons. The number of rotatable bonds is 3. The first-order valence-corrected chi connectivity index (χ1v) is 6.74. The lowest BCUT2D eigenvalue weighted by Gasteiger charge is -2.37. The monoisotopic (exact) mass is 284 g/mol. The predicted molar refractivity (Wildman–Crippen MR) is 82.0 cm³/mol. The molecule has 1 radical (unpaired) electrons. The minimum Gasteiger partial charge on any atom is -0.465 e. The number of hydrogen-bond donors (Lipinski definition) is 1. The van der Waals surface area contributed by atoms with E-state index in [0.29, 0.717) is 5.56 Å². The van der Waals surface area contributed by atoms with Gasteiger partial charge in [0.2, 0.25) is 6.29 Å². The average Bonchev–Trinajstić information content (AvgIpc) is 2.42. The molecule has 0 aliphatic carbocycles. The van der Waals surface area contributed by atoms with Crippen molar-refractivity contribution < 1.29 is 14.7 Å². The zero-order valence-corrected chi connectivity index (χ0v) is 12.3. The summed E-state index contributed by atoms with van der Waals surface area (Å²) in [6.07, 6.45) is 0.758. The number of amides is 1. The molecule has 1 N–H and O–H groups in total. The van der Waals surface area contributed by atoms with Crippen LogP contribution in [0, 0.1) is 0 Å². The first-order chi connectivity index (χ1) is 9.86. The molecule has 1 amide bonds. The summed E-state index contributed by atoms with van der Waals surface area (Å²) in [5.74, 6) is 0. The van der Waals surface area contributed by atoms with E-state index in [-0.39, 0.29) is 0 Å². The van der Waals surface area contributed by atoms with Crippen molar-refractivity contribution in [2.75, 3.05) is 0 Å². The SMILES string of the molecule is CC(C)(C)N(C(=O)O)C([C]=O)c1cccc2ccccc12. The second-order valence-corrected chi connectivity index (χ2v) is 5.91. The summed E-state index contributed by atoms with van der Waals surface area (Å²) in [5, 5.41) is 11.3. The maximum atomic E-state index is 11.6. The molecule has 2 aromatic carbocycles. The van der Waals surface area contributed by atoms with Crippen molar-refractivity contribution >= 4 is 23.2 Å². The molecule has 0 heterocycles. The van der Waals surface area contributed by atoms with Gasteiger partial charge in [-0.25, -0.2) is 4.79 Å². The third-order valence-corrected chi connectivity index (χ3v) is 3.42. The van der Waals surface area contributed by atoms with E-state index in [0.717, 1.165) is 15.7 Å². The number of benzene rings is 2. The van der Waals surface area contributed by atoms with Crippen LogP contribution in [0.1, 0.15) is 32.4 Å². The highest BCUT2D eigenvalue weighted by molar-refractivity contribution is 5.89. The fraction of sp³-hybridized carbons (Fsp3) is 0.294. The quantitative estimate of drug-likeness (QED) is 0.933. The van der Waals surface area contributed by atoms with E-state index < -0.39 is 17.7 Å². The van der Waals surface area contributed by atoms with Gasteiger partial charge in [-0.15, -0.1) is 0 Å². The number of carbonyl (C=O) groups is 1. The molecule has 1 atom stereocenters. The Morgan fingerprint density at radius 2 is 1.76 bits per heavy atom. The molecule has 0 aromatic heterocycles. The van der Waals surface area contributed by atoms with Gasteiger partial charge in [-0.3, -0.25) is 9.69 Å². The molecule has 4 nitrogen and oxygen atoms in total. The third kappa shape index (κ3) is 2.89. The number of nitrogens with zero attached hydrogens (tertiary/aromatic N) is 1. The molecule has 2 aromatic rings. The maximum Gasteiger partial charge on any atom is 0.408 e. The van der Waals surface area contributed by atoms with Gasteiger partial charge in [0.25, 0.3) is 0 Å². The Balaban J connectivity index is 2.63. The van der Waals surface area contributed by atoms with Crippen LogP contribution in [0.4, 0.5) is 4.79 Å². The molecule has 0 aliphatic heterocycles. The van der Waals surface area contributed by atoms with Gasteiger partial charge in [-0.2, -0.15) is 0 Å². The molecule has 0 saturated carbocycles. The Bertz CT molecular complexity index is 668. The van der Waals surface area contributed by atoms with Gasteiger partial charge in [0.1, 0.15) is 6.04 Å². The Morgan fingerprint density at radius 3 is 2.33 bits per heavy atom. The lowest BCUT2D eigenvalue weighted by molar-refractivity contribution is 0.0873. The summed E-state index contributed by atoms with van der Waals surface area (Å²) in [6, 6.07) is 12.2. The maximum absolute atomic E-state index is 11.6. The van der Waals surface area contributed by atoms with Crippen LogP contribution in [0.3, 0.4) is 0 Å². The minimum absolute atomic E-state index is 0.653. The molecule has 21 heavy (non-hydrogen) atoms. The van der Waals surface area contributed by atoms with Crippen LogP contribution < -0.4 is 0 Å². The van der Waals surface area contributed by atoms with E-state index in [1.807, 2.05) is 42.7 Å². The van der Waals surface area contributed by atoms with Crippen molar-refractivity contribution in [2.45, 2.75) is 32.4 Å². The standard InChI is InChI=1S/C17H18NO3/c1-17(2,3)18(16(20)21)15(11-19)14-10-6-8-12-7-4-5-9-13(12)14/h4-10,15H,1-3H3,(H,20,21). The summed E-state index contributed by atoms with van der Waals surface area (Å²) < 4.78 is 0. The summed E-state index contributed by atoms with van der Waals surface area (Å²) in [5.41, 5.74) is -0.0503. The summed E-state index contributed by atoms with van der Waals surface area (Å²) >= 11 is 0. The lowest BCUT2D eigenvalue weighted by atomic mass is 9.95. The van der Waals surface area contributed by atoms with Crippen molar-refractivity contribution in [3.63, 3.8) is 0 Å². The van der Waals surface area contributed by atoms with E-state index in [1.54, 1.807) is 26.8 Å². The summed E-state index contributed by atoms with van der Waals surface area (Å²) in [7, 11) is 0. The molecular formula is C17H18NO3. The number of carboxylic acid groups (broad SMARTS) is 1. The molecular weight excluding hydrogens is 266 g/mol. The van der Waals surface area contributed by atoms with Crippen LogP contribution >= 0.6 is 0 Å². The van der Waals surface area contributed by atoms with Crippen LogP contribution in [0.25, 0.3) is 10.8 Å². The molecule has 1 unspecified atom stereocenters. The van der Waals surface area contributed by atoms with Crippen molar-refractivity contribution in [1.29, 1.82) is 0 Å². The number of hydrogen-bond acceptors (Lipinski definition) is 2. The van der Waals surface area contributed by atoms with Gasteiger partial charge >= 0.3 is 6.09 Å². The van der Waals surface area contributed by atoms with Crippen molar-refractivity contribution in [1.82, 2.24) is 4.90 Å². The van der Waals surface area contributed by atoms with E-state index in [9.17, 15) is 14.7 Å². The van der Waals surface area contributed by atoms with Gasteiger partial charge in [0.15, 0.2) is 0 Å². The normalized spacial score (nSPS) is 12.9. The topological polar surface area (TPSA) is 57.6 Å². The largest absolute Gasteiger partial charge is 0.465 e. The molecule has 0 saturated heterocycles. The lowest BCUT2D eigenvalue weighted by Crippen LogP contribution is -2.47. The van der Waals surface area contributed by atoms with Crippen LogP contribution in [-0.2, 0) is 4.79 Å². The fourth-order valence-electron chi connectivity index (χ4n) is 2.53. The van der Waals surface area contributed by atoms with Gasteiger partial charge < -0.3 is 5.11 Å².